The number of carbonyl (C=O) groups excluding carboxylic acids is 1. The van der Waals surface area contributed by atoms with Crippen molar-refractivity contribution < 1.29 is 17.9 Å². The van der Waals surface area contributed by atoms with Gasteiger partial charge in [-0.15, -0.1) is 0 Å². The molecular weight excluding hydrogens is 342 g/mol. The number of unbranched alkanes of at least 4 members (excludes halogenated alkanes) is 2. The number of carbonyl (C=O) groups is 1. The van der Waals surface area contributed by atoms with E-state index in [1.165, 1.54) is 19.3 Å². The van der Waals surface area contributed by atoms with Crippen molar-refractivity contribution in [3.63, 3.8) is 0 Å². The van der Waals surface area contributed by atoms with Crippen LogP contribution in [0.3, 0.4) is 0 Å². The molecule has 0 saturated carbocycles. The second kappa shape index (κ2) is 11.0. The van der Waals surface area contributed by atoms with Crippen LogP contribution in [0.1, 0.15) is 59.3 Å². The molecule has 0 aliphatic carbocycles. The Bertz CT molecular complexity index is 483. The molecule has 0 radical (unpaired) electrons. The molecular formula is C17H35N3O4S. The number of amides is 1. The molecule has 1 rings (SSSR count). The van der Waals surface area contributed by atoms with Crippen molar-refractivity contribution >= 4 is 16.1 Å². The summed E-state index contributed by atoms with van der Waals surface area (Å²) in [5.74, 6) is 0.174. The molecule has 1 aliphatic heterocycles. The van der Waals surface area contributed by atoms with Crippen LogP contribution in [-0.2, 0) is 14.8 Å². The summed E-state index contributed by atoms with van der Waals surface area (Å²) >= 11 is 0. The maximum absolute atomic E-state index is 12.0. The molecule has 0 spiro atoms. The van der Waals surface area contributed by atoms with Crippen LogP contribution < -0.4 is 10.0 Å². The van der Waals surface area contributed by atoms with E-state index in [9.17, 15) is 13.2 Å². The van der Waals surface area contributed by atoms with Crippen molar-refractivity contribution in [2.75, 3.05) is 38.5 Å². The number of likely N-dealkylation sites (tertiary alicyclic amines) is 1. The highest BCUT2D eigenvalue weighted by molar-refractivity contribution is 7.89. The quantitative estimate of drug-likeness (QED) is 0.569. The number of hydrogen-bond donors (Lipinski definition) is 2. The summed E-state index contributed by atoms with van der Waals surface area (Å²) in [6.07, 6.45) is 5.60. The third-order valence-electron chi connectivity index (χ3n) is 3.97. The van der Waals surface area contributed by atoms with Gasteiger partial charge in [0.15, 0.2) is 0 Å². The zero-order valence-electron chi connectivity index (χ0n) is 16.0. The van der Waals surface area contributed by atoms with Crippen LogP contribution in [0.5, 0.6) is 0 Å². The molecule has 0 unspecified atom stereocenters. The monoisotopic (exact) mass is 377 g/mol. The minimum Gasteiger partial charge on any atom is -0.444 e. The second-order valence-electron chi connectivity index (χ2n) is 7.60. The minimum atomic E-state index is -3.19. The molecule has 2 N–H and O–H groups in total. The predicted molar refractivity (Wildman–Crippen MR) is 100 cm³/mol. The molecule has 1 heterocycles. The van der Waals surface area contributed by atoms with Gasteiger partial charge >= 0.3 is 6.09 Å². The first kappa shape index (κ1) is 22.2. The first-order chi connectivity index (χ1) is 11.7. The number of alkyl carbamates (subject to hydrolysis) is 1. The Balaban J connectivity index is 2.01. The summed E-state index contributed by atoms with van der Waals surface area (Å²) in [7, 11) is -3.19. The van der Waals surface area contributed by atoms with Crippen molar-refractivity contribution in [3.05, 3.63) is 0 Å². The van der Waals surface area contributed by atoms with Gasteiger partial charge in [-0.25, -0.2) is 17.9 Å². The molecule has 8 heteroatoms. The van der Waals surface area contributed by atoms with Gasteiger partial charge < -0.3 is 15.0 Å². The Kier molecular flexibility index (Phi) is 9.74. The van der Waals surface area contributed by atoms with Gasteiger partial charge in [0.2, 0.25) is 10.0 Å². The molecule has 1 aliphatic rings. The van der Waals surface area contributed by atoms with Gasteiger partial charge in [-0.1, -0.05) is 12.8 Å². The lowest BCUT2D eigenvalue weighted by Crippen LogP contribution is -2.37. The van der Waals surface area contributed by atoms with E-state index in [4.69, 9.17) is 4.74 Å². The summed E-state index contributed by atoms with van der Waals surface area (Å²) in [5.41, 5.74) is -0.490. The molecule has 0 aromatic rings. The van der Waals surface area contributed by atoms with Gasteiger partial charge in [0.05, 0.1) is 5.75 Å². The predicted octanol–water partition coefficient (Wildman–Crippen LogP) is 2.09. The Hall–Kier alpha value is -0.860. The van der Waals surface area contributed by atoms with Crippen molar-refractivity contribution in [1.29, 1.82) is 0 Å². The Morgan fingerprint density at radius 2 is 1.68 bits per heavy atom. The molecule has 1 fully saturated rings. The minimum absolute atomic E-state index is 0.174. The van der Waals surface area contributed by atoms with E-state index in [-0.39, 0.29) is 5.75 Å². The Morgan fingerprint density at radius 3 is 2.32 bits per heavy atom. The highest BCUT2D eigenvalue weighted by atomic mass is 32.2. The average Bonchev–Trinajstić information content (AvgIpc) is 2.51. The SMILES string of the molecule is CC(C)(C)OC(=O)NCCCCCNS(=O)(=O)CCN1CCCCC1. The zero-order chi connectivity index (χ0) is 18.8. The standard InChI is InChI=1S/C17H35N3O4S/c1-17(2,3)24-16(21)18-10-6-4-7-11-19-25(22,23)15-14-20-12-8-5-9-13-20/h19H,4-15H2,1-3H3,(H,18,21). The largest absolute Gasteiger partial charge is 0.444 e. The second-order valence-corrected chi connectivity index (χ2v) is 9.53. The molecule has 0 atom stereocenters. The number of sulfonamides is 1. The number of nitrogens with one attached hydrogen (secondary N) is 2. The molecule has 7 nitrogen and oxygen atoms in total. The fraction of sp³-hybridized carbons (Fsp3) is 0.941. The zero-order valence-corrected chi connectivity index (χ0v) is 16.8. The van der Waals surface area contributed by atoms with Crippen LogP contribution in [0.2, 0.25) is 0 Å². The summed E-state index contributed by atoms with van der Waals surface area (Å²) in [6.45, 7) is 9.11. The van der Waals surface area contributed by atoms with Crippen LogP contribution in [0, 0.1) is 0 Å². The summed E-state index contributed by atoms with van der Waals surface area (Å²) in [6, 6.07) is 0. The Labute approximate surface area is 152 Å². The topological polar surface area (TPSA) is 87.7 Å². The first-order valence-corrected chi connectivity index (χ1v) is 11.0. The van der Waals surface area contributed by atoms with Crippen molar-refractivity contribution in [1.82, 2.24) is 14.9 Å². The van der Waals surface area contributed by atoms with Gasteiger partial charge in [-0.2, -0.15) is 0 Å². The molecule has 0 bridgehead atoms. The molecule has 1 amide bonds. The number of hydrogen-bond acceptors (Lipinski definition) is 5. The summed E-state index contributed by atoms with van der Waals surface area (Å²) in [4.78, 5) is 13.7. The molecule has 0 aromatic carbocycles. The summed E-state index contributed by atoms with van der Waals surface area (Å²) < 4.78 is 31.7. The van der Waals surface area contributed by atoms with E-state index in [0.29, 0.717) is 19.6 Å². The fourth-order valence-corrected chi connectivity index (χ4v) is 3.76. The van der Waals surface area contributed by atoms with E-state index < -0.39 is 21.7 Å². The van der Waals surface area contributed by atoms with Gasteiger partial charge in [0.25, 0.3) is 0 Å². The molecule has 1 saturated heterocycles. The molecule has 25 heavy (non-hydrogen) atoms. The van der Waals surface area contributed by atoms with Crippen molar-refractivity contribution in [2.45, 2.75) is 64.9 Å². The van der Waals surface area contributed by atoms with Crippen LogP contribution in [0.4, 0.5) is 4.79 Å². The third kappa shape index (κ3) is 12.2. The smallest absolute Gasteiger partial charge is 0.407 e. The number of rotatable bonds is 10. The number of piperidine rings is 1. The average molecular weight is 378 g/mol. The van der Waals surface area contributed by atoms with Gasteiger partial charge in [-0.3, -0.25) is 0 Å². The first-order valence-electron chi connectivity index (χ1n) is 9.34. The number of ether oxygens (including phenoxy) is 1. The molecule has 148 valence electrons. The maximum Gasteiger partial charge on any atom is 0.407 e. The lowest BCUT2D eigenvalue weighted by atomic mass is 10.1. The normalized spacial score (nSPS) is 16.6. The van der Waals surface area contributed by atoms with E-state index in [1.807, 2.05) is 20.8 Å². The van der Waals surface area contributed by atoms with Crippen LogP contribution in [-0.4, -0.2) is 63.5 Å². The fourth-order valence-electron chi connectivity index (χ4n) is 2.66. The van der Waals surface area contributed by atoms with Gasteiger partial charge in [0, 0.05) is 19.6 Å². The summed E-state index contributed by atoms with van der Waals surface area (Å²) in [5, 5.41) is 2.70. The van der Waals surface area contributed by atoms with E-state index >= 15 is 0 Å². The lowest BCUT2D eigenvalue weighted by Gasteiger charge is -2.26. The maximum atomic E-state index is 12.0. The van der Waals surface area contributed by atoms with E-state index in [0.717, 1.165) is 32.4 Å². The third-order valence-corrected chi connectivity index (χ3v) is 5.33. The number of nitrogens with zero attached hydrogens (tertiary/aromatic N) is 1. The van der Waals surface area contributed by atoms with Crippen molar-refractivity contribution in [2.24, 2.45) is 0 Å². The van der Waals surface area contributed by atoms with Crippen LogP contribution in [0.15, 0.2) is 0 Å². The van der Waals surface area contributed by atoms with E-state index in [2.05, 4.69) is 14.9 Å². The van der Waals surface area contributed by atoms with Gasteiger partial charge in [-0.05, 0) is 59.5 Å². The van der Waals surface area contributed by atoms with Crippen molar-refractivity contribution in [3.8, 4) is 0 Å². The molecule has 0 aromatic heterocycles. The van der Waals surface area contributed by atoms with Crippen LogP contribution in [0.25, 0.3) is 0 Å². The van der Waals surface area contributed by atoms with E-state index in [1.54, 1.807) is 0 Å². The highest BCUT2D eigenvalue weighted by Crippen LogP contribution is 2.08. The van der Waals surface area contributed by atoms with Crippen LogP contribution >= 0.6 is 0 Å². The highest BCUT2D eigenvalue weighted by Gasteiger charge is 2.16. The van der Waals surface area contributed by atoms with Gasteiger partial charge in [0.1, 0.15) is 5.60 Å². The Morgan fingerprint density at radius 1 is 1.04 bits per heavy atom. The lowest BCUT2D eigenvalue weighted by molar-refractivity contribution is 0.0527.